The molecule has 0 spiro atoms. The second kappa shape index (κ2) is 8.44. The van der Waals surface area contributed by atoms with Crippen LogP contribution in [0.25, 0.3) is 0 Å². The lowest BCUT2D eigenvalue weighted by molar-refractivity contribution is 0.311. The highest BCUT2D eigenvalue weighted by molar-refractivity contribution is 7.80. The third kappa shape index (κ3) is 4.02. The number of aromatic amines is 1. The van der Waals surface area contributed by atoms with E-state index in [4.69, 9.17) is 12.2 Å². The van der Waals surface area contributed by atoms with Crippen LogP contribution < -0.4 is 10.6 Å². The van der Waals surface area contributed by atoms with E-state index in [1.54, 1.807) is 0 Å². The van der Waals surface area contributed by atoms with Gasteiger partial charge in [0, 0.05) is 36.4 Å². The third-order valence-electron chi connectivity index (χ3n) is 5.05. The number of aromatic nitrogens is 2. The topological polar surface area (TPSA) is 56.0 Å². The summed E-state index contributed by atoms with van der Waals surface area (Å²) in [6.07, 6.45) is 2.82. The molecule has 1 aromatic carbocycles. The smallest absolute Gasteiger partial charge is 0.170 e. The lowest BCUT2D eigenvalue weighted by Gasteiger charge is -2.27. The standard InChI is InChI=1S/C22H25N5S/c1-16-11-12-19(25-16)21-20(18-10-5-6-13-24-18)26-22(28)27(21)15-7-14-23-17-8-3-2-4-9-17/h2-6,8-13,20-21,23,25H,7,14-15H2,1H3,(H,26,28)/t20-,21+/m1/s1. The van der Waals surface area contributed by atoms with Crippen molar-refractivity contribution in [2.75, 3.05) is 18.4 Å². The number of para-hydroxylation sites is 1. The number of nitrogens with zero attached hydrogens (tertiary/aromatic N) is 2. The third-order valence-corrected chi connectivity index (χ3v) is 5.40. The van der Waals surface area contributed by atoms with Crippen molar-refractivity contribution in [1.82, 2.24) is 20.2 Å². The van der Waals surface area contributed by atoms with Crippen LogP contribution >= 0.6 is 12.2 Å². The highest BCUT2D eigenvalue weighted by Crippen LogP contribution is 2.38. The molecule has 0 aliphatic carbocycles. The SMILES string of the molecule is Cc1ccc([C@H]2[C@@H](c3ccccn3)NC(=S)N2CCCNc2ccccc2)[nH]1. The molecule has 3 heterocycles. The van der Waals surface area contributed by atoms with Crippen molar-refractivity contribution in [2.24, 2.45) is 0 Å². The van der Waals surface area contributed by atoms with Gasteiger partial charge in [-0.05, 0) is 62.0 Å². The van der Waals surface area contributed by atoms with E-state index in [9.17, 15) is 0 Å². The molecule has 0 unspecified atom stereocenters. The van der Waals surface area contributed by atoms with E-state index in [1.165, 1.54) is 0 Å². The number of benzene rings is 1. The Kier molecular flexibility index (Phi) is 5.58. The van der Waals surface area contributed by atoms with Crippen molar-refractivity contribution >= 4 is 23.0 Å². The van der Waals surface area contributed by atoms with Gasteiger partial charge < -0.3 is 20.5 Å². The number of hydrogen-bond acceptors (Lipinski definition) is 3. The Bertz CT molecular complexity index is 909. The van der Waals surface area contributed by atoms with E-state index >= 15 is 0 Å². The van der Waals surface area contributed by atoms with E-state index < -0.39 is 0 Å². The van der Waals surface area contributed by atoms with E-state index in [1.807, 2.05) is 36.5 Å². The zero-order chi connectivity index (χ0) is 19.3. The molecule has 1 aliphatic rings. The Morgan fingerprint density at radius 3 is 2.61 bits per heavy atom. The molecule has 144 valence electrons. The summed E-state index contributed by atoms with van der Waals surface area (Å²) in [7, 11) is 0. The van der Waals surface area contributed by atoms with Gasteiger partial charge in [0.2, 0.25) is 0 Å². The van der Waals surface area contributed by atoms with Crippen LogP contribution in [0.1, 0.15) is 35.6 Å². The fourth-order valence-electron chi connectivity index (χ4n) is 3.72. The van der Waals surface area contributed by atoms with Crippen molar-refractivity contribution in [3.63, 3.8) is 0 Å². The van der Waals surface area contributed by atoms with Crippen molar-refractivity contribution < 1.29 is 0 Å². The summed E-state index contributed by atoms with van der Waals surface area (Å²) >= 11 is 5.70. The van der Waals surface area contributed by atoms with Gasteiger partial charge in [-0.3, -0.25) is 4.98 Å². The predicted octanol–water partition coefficient (Wildman–Crippen LogP) is 4.19. The quantitative estimate of drug-likeness (QED) is 0.416. The normalized spacial score (nSPS) is 18.9. The molecular weight excluding hydrogens is 366 g/mol. The molecule has 28 heavy (non-hydrogen) atoms. The van der Waals surface area contributed by atoms with Gasteiger partial charge in [0.05, 0.1) is 17.8 Å². The first-order valence-corrected chi connectivity index (χ1v) is 10.1. The number of nitrogens with one attached hydrogen (secondary N) is 3. The molecule has 2 aromatic heterocycles. The van der Waals surface area contributed by atoms with Crippen LogP contribution in [0, 0.1) is 6.92 Å². The fourth-order valence-corrected chi connectivity index (χ4v) is 4.05. The first-order chi connectivity index (χ1) is 13.7. The molecule has 1 saturated heterocycles. The largest absolute Gasteiger partial charge is 0.385 e. The highest BCUT2D eigenvalue weighted by atomic mass is 32.1. The molecule has 4 rings (SSSR count). The summed E-state index contributed by atoms with van der Waals surface area (Å²) in [5.41, 5.74) is 4.47. The average Bonchev–Trinajstić information content (AvgIpc) is 3.29. The fraction of sp³-hybridized carbons (Fsp3) is 0.273. The lowest BCUT2D eigenvalue weighted by atomic mass is 10.0. The van der Waals surface area contributed by atoms with Crippen molar-refractivity contribution in [3.05, 3.63) is 83.9 Å². The van der Waals surface area contributed by atoms with Gasteiger partial charge in [-0.25, -0.2) is 0 Å². The summed E-state index contributed by atoms with van der Waals surface area (Å²) in [5, 5.41) is 7.75. The van der Waals surface area contributed by atoms with Gasteiger partial charge in [-0.1, -0.05) is 24.3 Å². The van der Waals surface area contributed by atoms with Crippen molar-refractivity contribution in [3.8, 4) is 0 Å². The Hall–Kier alpha value is -2.86. The number of rotatable bonds is 7. The number of anilines is 1. The molecule has 0 bridgehead atoms. The van der Waals surface area contributed by atoms with Gasteiger partial charge in [-0.2, -0.15) is 0 Å². The maximum absolute atomic E-state index is 5.70. The molecule has 6 heteroatoms. The summed E-state index contributed by atoms with van der Waals surface area (Å²) in [6.45, 7) is 3.85. The average molecular weight is 392 g/mol. The van der Waals surface area contributed by atoms with E-state index in [0.29, 0.717) is 0 Å². The van der Waals surface area contributed by atoms with Gasteiger partial charge in [-0.15, -0.1) is 0 Å². The summed E-state index contributed by atoms with van der Waals surface area (Å²) < 4.78 is 0. The molecule has 5 nitrogen and oxygen atoms in total. The monoisotopic (exact) mass is 391 g/mol. The van der Waals surface area contributed by atoms with Gasteiger partial charge in [0.25, 0.3) is 0 Å². The van der Waals surface area contributed by atoms with E-state index in [2.05, 4.69) is 62.8 Å². The zero-order valence-electron chi connectivity index (χ0n) is 15.9. The number of pyridine rings is 1. The Morgan fingerprint density at radius 1 is 1.07 bits per heavy atom. The molecule has 3 N–H and O–H groups in total. The van der Waals surface area contributed by atoms with Crippen LogP contribution in [0.3, 0.4) is 0 Å². The summed E-state index contributed by atoms with van der Waals surface area (Å²) in [6, 6.07) is 20.7. The minimum absolute atomic E-state index is 0.0360. The van der Waals surface area contributed by atoms with Crippen LogP contribution in [0.2, 0.25) is 0 Å². The first-order valence-electron chi connectivity index (χ1n) is 9.65. The number of hydrogen-bond donors (Lipinski definition) is 3. The molecule has 1 fully saturated rings. The van der Waals surface area contributed by atoms with Gasteiger partial charge in [0.1, 0.15) is 0 Å². The Labute approximate surface area is 171 Å². The summed E-state index contributed by atoms with van der Waals surface area (Å²) in [5.74, 6) is 0. The van der Waals surface area contributed by atoms with Crippen LogP contribution in [0.4, 0.5) is 5.69 Å². The summed E-state index contributed by atoms with van der Waals surface area (Å²) in [4.78, 5) is 10.4. The van der Waals surface area contributed by atoms with E-state index in [-0.39, 0.29) is 12.1 Å². The highest BCUT2D eigenvalue weighted by Gasteiger charge is 2.40. The predicted molar refractivity (Wildman–Crippen MR) is 117 cm³/mol. The van der Waals surface area contributed by atoms with Crippen molar-refractivity contribution in [2.45, 2.75) is 25.4 Å². The molecule has 2 atom stereocenters. The van der Waals surface area contributed by atoms with Gasteiger partial charge >= 0.3 is 0 Å². The van der Waals surface area contributed by atoms with Gasteiger partial charge in [0.15, 0.2) is 5.11 Å². The van der Waals surface area contributed by atoms with Crippen LogP contribution in [-0.2, 0) is 0 Å². The molecule has 0 saturated carbocycles. The minimum atomic E-state index is 0.0360. The molecule has 0 radical (unpaired) electrons. The van der Waals surface area contributed by atoms with E-state index in [0.717, 1.165) is 47.4 Å². The molecular formula is C22H25N5S. The maximum atomic E-state index is 5.70. The van der Waals surface area contributed by atoms with Crippen LogP contribution in [0.15, 0.2) is 66.9 Å². The number of aryl methyl sites for hydroxylation is 1. The molecule has 3 aromatic rings. The van der Waals surface area contributed by atoms with Crippen LogP contribution in [-0.4, -0.2) is 33.1 Å². The molecule has 1 aliphatic heterocycles. The van der Waals surface area contributed by atoms with Crippen LogP contribution in [0.5, 0.6) is 0 Å². The maximum Gasteiger partial charge on any atom is 0.170 e. The number of H-pyrrole nitrogens is 1. The number of thiocarbonyl (C=S) groups is 1. The van der Waals surface area contributed by atoms with Crippen molar-refractivity contribution in [1.29, 1.82) is 0 Å². The lowest BCUT2D eigenvalue weighted by Crippen LogP contribution is -2.31. The Morgan fingerprint density at radius 2 is 1.89 bits per heavy atom. The minimum Gasteiger partial charge on any atom is -0.385 e. The first kappa shape index (κ1) is 18.5. The zero-order valence-corrected chi connectivity index (χ0v) is 16.7. The Balaban J connectivity index is 1.48. The second-order valence-corrected chi connectivity index (χ2v) is 7.45. The molecule has 0 amide bonds. The second-order valence-electron chi connectivity index (χ2n) is 7.06.